The van der Waals surface area contributed by atoms with E-state index in [-0.39, 0.29) is 10.5 Å². The van der Waals surface area contributed by atoms with Crippen molar-refractivity contribution in [1.82, 2.24) is 0 Å². The van der Waals surface area contributed by atoms with Gasteiger partial charge in [0.15, 0.2) is 0 Å². The minimum absolute atomic E-state index is 0.112. The summed E-state index contributed by atoms with van der Waals surface area (Å²) in [6, 6.07) is 4.79. The van der Waals surface area contributed by atoms with Crippen LogP contribution < -0.4 is 0 Å². The van der Waals surface area contributed by atoms with Gasteiger partial charge in [0.2, 0.25) is 5.28 Å². The predicted molar refractivity (Wildman–Crippen MR) is 43.7 cm³/mol. The first kappa shape index (κ1) is 8.80. The summed E-state index contributed by atoms with van der Waals surface area (Å²) in [5.41, 5.74) is 0.831. The smallest absolute Gasteiger partial charge is 0.252 e. The summed E-state index contributed by atoms with van der Waals surface area (Å²) in [6.45, 7) is 1.67. The van der Waals surface area contributed by atoms with E-state index in [4.69, 9.17) is 16.8 Å². The Balaban J connectivity index is 3.26. The van der Waals surface area contributed by atoms with E-state index in [2.05, 4.69) is 5.28 Å². The van der Waals surface area contributed by atoms with Crippen LogP contribution in [0, 0.1) is 12.1 Å². The van der Waals surface area contributed by atoms with Crippen LogP contribution in [0.25, 0.3) is 0 Å². The highest BCUT2D eigenvalue weighted by Crippen LogP contribution is 2.24. The molecule has 0 amide bonds. The summed E-state index contributed by atoms with van der Waals surface area (Å²) in [5, 5.41) is 22.0. The zero-order valence-corrected chi connectivity index (χ0v) is 7.12. The van der Waals surface area contributed by atoms with E-state index in [0.29, 0.717) is 10.6 Å². The van der Waals surface area contributed by atoms with Crippen molar-refractivity contribution in [3.63, 3.8) is 0 Å². The molecule has 0 bridgehead atoms. The van der Waals surface area contributed by atoms with Crippen LogP contribution in [-0.4, -0.2) is 10.1 Å². The van der Waals surface area contributed by atoms with E-state index in [9.17, 15) is 5.21 Å². The van der Waals surface area contributed by atoms with Crippen LogP contribution in [0.15, 0.2) is 23.5 Å². The molecule has 0 spiro atoms. The van der Waals surface area contributed by atoms with Gasteiger partial charge in [0.25, 0.3) is 5.69 Å². The number of benzene rings is 1. The summed E-state index contributed by atoms with van der Waals surface area (Å²) in [7, 11) is 0. The van der Waals surface area contributed by atoms with Gasteiger partial charge in [-0.25, -0.2) is 0 Å². The van der Waals surface area contributed by atoms with Crippen LogP contribution >= 0.6 is 11.6 Å². The lowest BCUT2D eigenvalue weighted by Gasteiger charge is -2.01. The fraction of sp³-hybridized carbons (Fsp3) is 0.143. The first-order valence-corrected chi connectivity index (χ1v) is 3.62. The zero-order valence-electron chi connectivity index (χ0n) is 6.36. The van der Waals surface area contributed by atoms with Gasteiger partial charge in [-0.15, -0.1) is 0 Å². The third-order valence-electron chi connectivity index (χ3n) is 1.53. The highest BCUT2D eigenvalue weighted by molar-refractivity contribution is 6.31. The standard InChI is InChI=1S/C7H7ClN2O2/c1-5-6(8)3-2-4-7(5)10(12)9-11/h2-4,11H,1H3. The molecule has 5 heteroatoms. The monoisotopic (exact) mass is 186 g/mol. The molecule has 0 aliphatic rings. The summed E-state index contributed by atoms with van der Waals surface area (Å²) in [5.74, 6) is 0. The molecule has 0 saturated heterocycles. The van der Waals surface area contributed by atoms with Crippen LogP contribution in [0.2, 0.25) is 5.02 Å². The van der Waals surface area contributed by atoms with E-state index in [0.717, 1.165) is 0 Å². The van der Waals surface area contributed by atoms with Gasteiger partial charge >= 0.3 is 0 Å². The van der Waals surface area contributed by atoms with E-state index in [1.54, 1.807) is 19.1 Å². The molecule has 0 atom stereocenters. The number of rotatable bonds is 1. The molecule has 0 saturated carbocycles. The average Bonchev–Trinajstić information content (AvgIpc) is 2.08. The lowest BCUT2D eigenvalue weighted by atomic mass is 10.2. The average molecular weight is 187 g/mol. The Morgan fingerprint density at radius 1 is 1.58 bits per heavy atom. The van der Waals surface area contributed by atoms with Crippen molar-refractivity contribution in [2.75, 3.05) is 0 Å². The van der Waals surface area contributed by atoms with E-state index < -0.39 is 0 Å². The molecule has 4 nitrogen and oxygen atoms in total. The van der Waals surface area contributed by atoms with Crippen molar-refractivity contribution < 1.29 is 10.1 Å². The Bertz CT molecular complexity index is 325. The van der Waals surface area contributed by atoms with Crippen molar-refractivity contribution in [3.05, 3.63) is 34.0 Å². The molecule has 12 heavy (non-hydrogen) atoms. The molecule has 0 radical (unpaired) electrons. The second-order valence-corrected chi connectivity index (χ2v) is 2.65. The van der Waals surface area contributed by atoms with Gasteiger partial charge in [-0.3, -0.25) is 0 Å². The Hall–Kier alpha value is -1.29. The normalized spacial score (nSPS) is 11.7. The van der Waals surface area contributed by atoms with E-state index in [1.807, 2.05) is 0 Å². The summed E-state index contributed by atoms with van der Waals surface area (Å²) >= 11 is 5.73. The summed E-state index contributed by atoms with van der Waals surface area (Å²) in [6.07, 6.45) is 0. The van der Waals surface area contributed by atoms with Crippen molar-refractivity contribution in [3.8, 4) is 0 Å². The number of hydrogen-bond acceptors (Lipinski definition) is 2. The molecule has 0 fully saturated rings. The summed E-state index contributed by atoms with van der Waals surface area (Å²) < 4.78 is 0. The maximum atomic E-state index is 10.8. The molecular weight excluding hydrogens is 180 g/mol. The first-order chi connectivity index (χ1) is 5.66. The molecule has 64 valence electrons. The third kappa shape index (κ3) is 1.48. The maximum Gasteiger partial charge on any atom is 0.252 e. The van der Waals surface area contributed by atoms with Crippen molar-refractivity contribution >= 4 is 17.3 Å². The number of hydrogen-bond donors (Lipinski definition) is 1. The van der Waals surface area contributed by atoms with Gasteiger partial charge in [-0.05, 0) is 17.9 Å². The fourth-order valence-electron chi connectivity index (χ4n) is 0.851. The maximum absolute atomic E-state index is 10.8. The highest BCUT2D eigenvalue weighted by atomic mass is 35.5. The van der Waals surface area contributed by atoms with Crippen LogP contribution in [0.4, 0.5) is 5.69 Å². The van der Waals surface area contributed by atoms with Crippen molar-refractivity contribution in [1.29, 1.82) is 0 Å². The van der Waals surface area contributed by atoms with Gasteiger partial charge in [0, 0.05) is 11.6 Å². The second-order valence-electron chi connectivity index (χ2n) is 2.25. The Kier molecular flexibility index (Phi) is 2.50. The molecular formula is C7H7ClN2O2. The third-order valence-corrected chi connectivity index (χ3v) is 1.94. The number of nitrogens with zero attached hydrogens (tertiary/aromatic N) is 2. The van der Waals surface area contributed by atoms with Crippen molar-refractivity contribution in [2.24, 2.45) is 5.28 Å². The highest BCUT2D eigenvalue weighted by Gasteiger charge is 2.10. The van der Waals surface area contributed by atoms with Gasteiger partial charge in [-0.1, -0.05) is 17.7 Å². The zero-order chi connectivity index (χ0) is 9.14. The first-order valence-electron chi connectivity index (χ1n) is 3.24. The fourth-order valence-corrected chi connectivity index (χ4v) is 1.02. The van der Waals surface area contributed by atoms with Gasteiger partial charge in [0.05, 0.1) is 5.02 Å². The molecule has 1 N–H and O–H groups in total. The van der Waals surface area contributed by atoms with Gasteiger partial charge in [-0.2, -0.15) is 0 Å². The van der Waals surface area contributed by atoms with Gasteiger partial charge in [0.1, 0.15) is 0 Å². The largest absolute Gasteiger partial charge is 0.592 e. The lowest BCUT2D eigenvalue weighted by Crippen LogP contribution is -1.93. The molecule has 0 unspecified atom stereocenters. The molecule has 1 aromatic rings. The second kappa shape index (κ2) is 3.40. The lowest BCUT2D eigenvalue weighted by molar-refractivity contribution is -0.474. The predicted octanol–water partition coefficient (Wildman–Crippen LogP) is 2.63. The molecule has 0 aliphatic heterocycles. The molecule has 1 aromatic carbocycles. The topological polar surface area (TPSA) is 58.7 Å². The molecule has 0 heterocycles. The quantitative estimate of drug-likeness (QED) is 0.416. The van der Waals surface area contributed by atoms with E-state index in [1.165, 1.54) is 6.07 Å². The van der Waals surface area contributed by atoms with Crippen LogP contribution in [0.1, 0.15) is 5.56 Å². The molecule has 0 aromatic heterocycles. The minimum Gasteiger partial charge on any atom is -0.592 e. The minimum atomic E-state index is 0.112. The Morgan fingerprint density at radius 2 is 2.25 bits per heavy atom. The Morgan fingerprint density at radius 3 is 2.83 bits per heavy atom. The molecule has 1 rings (SSSR count). The van der Waals surface area contributed by atoms with Crippen LogP contribution in [0.3, 0.4) is 0 Å². The number of halogens is 1. The molecule has 0 aliphatic carbocycles. The van der Waals surface area contributed by atoms with Crippen molar-refractivity contribution in [2.45, 2.75) is 6.92 Å². The van der Waals surface area contributed by atoms with Gasteiger partial charge < -0.3 is 10.4 Å². The SMILES string of the molecule is Cc1c(Cl)cccc1[N+]([O-])=NO. The summed E-state index contributed by atoms with van der Waals surface area (Å²) in [4.78, 5) is 0.112. The van der Waals surface area contributed by atoms with Crippen LogP contribution in [-0.2, 0) is 0 Å². The van der Waals surface area contributed by atoms with Crippen LogP contribution in [0.5, 0.6) is 0 Å². The Labute approximate surface area is 74.3 Å². The van der Waals surface area contributed by atoms with E-state index >= 15 is 0 Å².